The van der Waals surface area contributed by atoms with Gasteiger partial charge in [-0.2, -0.15) is 0 Å². The fraction of sp³-hybridized carbons (Fsp3) is 0.391. The Labute approximate surface area is 169 Å². The van der Waals surface area contributed by atoms with Crippen LogP contribution in [0.2, 0.25) is 0 Å². The van der Waals surface area contributed by atoms with E-state index in [1.165, 1.54) is 12.8 Å². The average Bonchev–Trinajstić information content (AvgIpc) is 3.34. The fourth-order valence-corrected chi connectivity index (χ4v) is 4.06. The van der Waals surface area contributed by atoms with Gasteiger partial charge in [0.15, 0.2) is 5.78 Å². The lowest BCUT2D eigenvalue weighted by Gasteiger charge is -2.21. The normalized spacial score (nSPS) is 16.5. The lowest BCUT2D eigenvalue weighted by atomic mass is 9.84. The number of benzene rings is 1. The Balaban J connectivity index is 1.41. The number of hydrogen-bond donors (Lipinski definition) is 2. The number of imidazole rings is 1. The first-order valence-corrected chi connectivity index (χ1v) is 10.2. The quantitative estimate of drug-likeness (QED) is 0.658. The molecule has 1 fully saturated rings. The van der Waals surface area contributed by atoms with Gasteiger partial charge < -0.3 is 9.88 Å². The molecule has 1 aromatic carbocycles. The van der Waals surface area contributed by atoms with Crippen LogP contribution in [0.25, 0.3) is 11.0 Å². The summed E-state index contributed by atoms with van der Waals surface area (Å²) in [5.74, 6) is 0.919. The maximum absolute atomic E-state index is 13.1. The molecule has 29 heavy (non-hydrogen) atoms. The standard InChI is InChI=1S/C23H25N5O/c1-23(2,3)16-8-15(9-18-21(16)26-12-25-18)19(29)11-28-10-14-6-7-17(13-4-5-13)27-20(14)22(28)24/h6-9,12-13,24H,4-5,10-11H2,1-3H3,(H,25,26). The molecule has 0 spiro atoms. The molecule has 0 unspecified atom stereocenters. The molecule has 3 aromatic rings. The van der Waals surface area contributed by atoms with Crippen LogP contribution in [-0.4, -0.2) is 38.0 Å². The number of carbonyl (C=O) groups is 1. The van der Waals surface area contributed by atoms with E-state index in [9.17, 15) is 4.79 Å². The summed E-state index contributed by atoms with van der Waals surface area (Å²) in [4.78, 5) is 27.2. The Kier molecular flexibility index (Phi) is 3.88. The first-order valence-electron chi connectivity index (χ1n) is 10.2. The van der Waals surface area contributed by atoms with E-state index in [2.05, 4.69) is 42.9 Å². The molecule has 0 atom stereocenters. The molecule has 1 aliphatic carbocycles. The Morgan fingerprint density at radius 1 is 1.28 bits per heavy atom. The Morgan fingerprint density at radius 2 is 2.07 bits per heavy atom. The van der Waals surface area contributed by atoms with Crippen molar-refractivity contribution in [2.75, 3.05) is 6.54 Å². The predicted octanol–water partition coefficient (Wildman–Crippen LogP) is 4.16. The van der Waals surface area contributed by atoms with Crippen molar-refractivity contribution in [1.82, 2.24) is 19.9 Å². The van der Waals surface area contributed by atoms with Crippen LogP contribution in [0, 0.1) is 5.41 Å². The number of amidine groups is 1. The molecule has 1 aliphatic heterocycles. The summed E-state index contributed by atoms with van der Waals surface area (Å²) in [7, 11) is 0. The zero-order valence-corrected chi connectivity index (χ0v) is 17.0. The minimum atomic E-state index is -0.122. The second kappa shape index (κ2) is 6.24. The first kappa shape index (κ1) is 18.0. The molecule has 0 radical (unpaired) electrons. The summed E-state index contributed by atoms with van der Waals surface area (Å²) in [6.07, 6.45) is 4.05. The summed E-state index contributed by atoms with van der Waals surface area (Å²) in [6, 6.07) is 7.98. The van der Waals surface area contributed by atoms with Gasteiger partial charge in [-0.3, -0.25) is 10.2 Å². The number of ketones is 1. The summed E-state index contributed by atoms with van der Waals surface area (Å²) in [6.45, 7) is 7.12. The van der Waals surface area contributed by atoms with Gasteiger partial charge in [-0.1, -0.05) is 26.8 Å². The number of hydrogen-bond acceptors (Lipinski definition) is 4. The van der Waals surface area contributed by atoms with E-state index in [0.29, 0.717) is 23.9 Å². The van der Waals surface area contributed by atoms with E-state index >= 15 is 0 Å². The van der Waals surface area contributed by atoms with Crippen LogP contribution in [0.1, 0.15) is 72.4 Å². The highest BCUT2D eigenvalue weighted by Crippen LogP contribution is 2.39. The lowest BCUT2D eigenvalue weighted by molar-refractivity contribution is 0.0962. The molecule has 2 aliphatic rings. The van der Waals surface area contributed by atoms with Crippen molar-refractivity contribution in [2.45, 2.75) is 51.5 Å². The highest BCUT2D eigenvalue weighted by molar-refractivity contribution is 6.05. The molecule has 6 heteroatoms. The number of aromatic amines is 1. The molecular formula is C23H25N5O. The van der Waals surface area contributed by atoms with Gasteiger partial charge in [-0.15, -0.1) is 0 Å². The summed E-state index contributed by atoms with van der Waals surface area (Å²) in [5.41, 5.74) is 6.22. The third-order valence-electron chi connectivity index (χ3n) is 5.89. The first-order chi connectivity index (χ1) is 13.8. The third kappa shape index (κ3) is 3.12. The van der Waals surface area contributed by atoms with Crippen molar-refractivity contribution in [2.24, 2.45) is 0 Å². The SMILES string of the molecule is CC(C)(C)c1cc(C(=O)CN2Cc3ccc(C4CC4)nc3C2=N)cc2[nH]cnc12. The van der Waals surface area contributed by atoms with Crippen molar-refractivity contribution < 1.29 is 4.79 Å². The number of nitrogens with one attached hydrogen (secondary N) is 2. The van der Waals surface area contributed by atoms with Crippen LogP contribution >= 0.6 is 0 Å². The molecule has 3 heterocycles. The third-order valence-corrected chi connectivity index (χ3v) is 5.89. The smallest absolute Gasteiger partial charge is 0.182 e. The number of nitrogens with zero attached hydrogens (tertiary/aromatic N) is 3. The van der Waals surface area contributed by atoms with Gasteiger partial charge >= 0.3 is 0 Å². The van der Waals surface area contributed by atoms with E-state index in [-0.39, 0.29) is 17.7 Å². The largest absolute Gasteiger partial charge is 0.345 e. The fourth-order valence-electron chi connectivity index (χ4n) is 4.06. The highest BCUT2D eigenvalue weighted by Gasteiger charge is 2.31. The van der Waals surface area contributed by atoms with Crippen LogP contribution in [0.3, 0.4) is 0 Å². The highest BCUT2D eigenvalue weighted by atomic mass is 16.1. The van der Waals surface area contributed by atoms with Gasteiger partial charge in [0.2, 0.25) is 0 Å². The Bertz CT molecular complexity index is 1150. The van der Waals surface area contributed by atoms with Crippen molar-refractivity contribution in [3.05, 3.63) is 58.7 Å². The van der Waals surface area contributed by atoms with Gasteiger partial charge in [0.05, 0.1) is 23.9 Å². The number of H-pyrrole nitrogens is 1. The number of aromatic nitrogens is 3. The van der Waals surface area contributed by atoms with Gasteiger partial charge in [0.1, 0.15) is 11.5 Å². The molecule has 0 amide bonds. The minimum absolute atomic E-state index is 0.00646. The number of rotatable bonds is 4. The van der Waals surface area contributed by atoms with Gasteiger partial charge in [0.25, 0.3) is 0 Å². The van der Waals surface area contributed by atoms with Crippen molar-refractivity contribution in [3.63, 3.8) is 0 Å². The van der Waals surface area contributed by atoms with Crippen LogP contribution in [0.5, 0.6) is 0 Å². The minimum Gasteiger partial charge on any atom is -0.345 e. The maximum Gasteiger partial charge on any atom is 0.182 e. The Morgan fingerprint density at radius 3 is 2.79 bits per heavy atom. The maximum atomic E-state index is 13.1. The molecule has 5 rings (SSSR count). The van der Waals surface area contributed by atoms with E-state index in [4.69, 9.17) is 10.4 Å². The summed E-state index contributed by atoms with van der Waals surface area (Å²) < 4.78 is 0. The second-order valence-electron chi connectivity index (χ2n) is 9.22. The zero-order valence-electron chi connectivity index (χ0n) is 17.0. The molecule has 0 bridgehead atoms. The van der Waals surface area contributed by atoms with Crippen LogP contribution in [0.4, 0.5) is 0 Å². The molecule has 148 valence electrons. The average molecular weight is 387 g/mol. The predicted molar refractivity (Wildman–Crippen MR) is 113 cm³/mol. The van der Waals surface area contributed by atoms with E-state index in [1.807, 2.05) is 17.0 Å². The van der Waals surface area contributed by atoms with Crippen molar-refractivity contribution >= 4 is 22.7 Å². The van der Waals surface area contributed by atoms with Gasteiger partial charge in [-0.05, 0) is 42.0 Å². The number of Topliss-reactive ketones (excluding diaryl/α,β-unsaturated/α-hetero) is 1. The van der Waals surface area contributed by atoms with E-state index in [1.54, 1.807) is 6.33 Å². The van der Waals surface area contributed by atoms with E-state index < -0.39 is 0 Å². The van der Waals surface area contributed by atoms with Gasteiger partial charge in [0, 0.05) is 29.3 Å². The van der Waals surface area contributed by atoms with Crippen molar-refractivity contribution in [1.29, 1.82) is 5.41 Å². The molecule has 0 saturated heterocycles. The second-order valence-corrected chi connectivity index (χ2v) is 9.22. The lowest BCUT2D eigenvalue weighted by Crippen LogP contribution is -2.30. The molecule has 2 N–H and O–H groups in total. The van der Waals surface area contributed by atoms with Crippen LogP contribution < -0.4 is 0 Å². The van der Waals surface area contributed by atoms with Crippen molar-refractivity contribution in [3.8, 4) is 0 Å². The van der Waals surface area contributed by atoms with Crippen LogP contribution in [-0.2, 0) is 12.0 Å². The topological polar surface area (TPSA) is 85.7 Å². The zero-order chi connectivity index (χ0) is 20.3. The monoisotopic (exact) mass is 387 g/mol. The number of carbonyl (C=O) groups excluding carboxylic acids is 1. The van der Waals surface area contributed by atoms with E-state index in [0.717, 1.165) is 33.5 Å². The molecule has 6 nitrogen and oxygen atoms in total. The Hall–Kier alpha value is -3.02. The number of pyridine rings is 1. The summed E-state index contributed by atoms with van der Waals surface area (Å²) >= 11 is 0. The summed E-state index contributed by atoms with van der Waals surface area (Å²) in [5, 5.41) is 8.54. The number of fused-ring (bicyclic) bond motifs is 2. The molecule has 1 saturated carbocycles. The molecule has 2 aromatic heterocycles. The van der Waals surface area contributed by atoms with Crippen LogP contribution in [0.15, 0.2) is 30.6 Å². The molecular weight excluding hydrogens is 362 g/mol. The van der Waals surface area contributed by atoms with Gasteiger partial charge in [-0.25, -0.2) is 9.97 Å².